The molecule has 1 amide bonds. The van der Waals surface area contributed by atoms with Gasteiger partial charge in [-0.1, -0.05) is 12.1 Å². The molecule has 1 aliphatic heterocycles. The van der Waals surface area contributed by atoms with Crippen LogP contribution in [0, 0.1) is 12.7 Å². The van der Waals surface area contributed by atoms with Gasteiger partial charge in [0.1, 0.15) is 10.8 Å². The number of methoxy groups -OCH3 is 1. The average Bonchev–Trinajstić information content (AvgIpc) is 3.02. The van der Waals surface area contributed by atoms with Crippen LogP contribution in [0.25, 0.3) is 0 Å². The summed E-state index contributed by atoms with van der Waals surface area (Å²) in [4.78, 5) is 29.1. The predicted octanol–water partition coefficient (Wildman–Crippen LogP) is 2.74. The molecule has 0 unspecified atom stereocenters. The summed E-state index contributed by atoms with van der Waals surface area (Å²) >= 11 is 1.35. The Morgan fingerprint density at radius 3 is 2.59 bits per heavy atom. The molecular formula is C19H22FN3O3S. The number of esters is 1. The second-order valence-corrected chi connectivity index (χ2v) is 7.61. The van der Waals surface area contributed by atoms with Crippen molar-refractivity contribution in [3.8, 4) is 0 Å². The van der Waals surface area contributed by atoms with Crippen LogP contribution < -0.4 is 10.2 Å². The molecule has 0 aliphatic carbocycles. The van der Waals surface area contributed by atoms with Crippen LogP contribution in [0.4, 0.5) is 15.1 Å². The van der Waals surface area contributed by atoms with Crippen LogP contribution >= 0.6 is 11.3 Å². The lowest BCUT2D eigenvalue weighted by atomic mass is 10.2. The quantitative estimate of drug-likeness (QED) is 0.794. The molecule has 6 nitrogen and oxygen atoms in total. The number of nitrogens with one attached hydrogen (secondary N) is 1. The second kappa shape index (κ2) is 8.49. The van der Waals surface area contributed by atoms with E-state index in [4.69, 9.17) is 4.74 Å². The van der Waals surface area contributed by atoms with Crippen molar-refractivity contribution in [2.45, 2.75) is 6.92 Å². The van der Waals surface area contributed by atoms with E-state index < -0.39 is 5.97 Å². The lowest BCUT2D eigenvalue weighted by molar-refractivity contribution is -0.117. The molecule has 3 rings (SSSR count). The maximum atomic E-state index is 13.9. The van der Waals surface area contributed by atoms with Crippen LogP contribution in [0.3, 0.4) is 0 Å². The predicted molar refractivity (Wildman–Crippen MR) is 104 cm³/mol. The number of hydrogen-bond donors (Lipinski definition) is 1. The zero-order chi connectivity index (χ0) is 19.4. The van der Waals surface area contributed by atoms with Crippen LogP contribution in [0.15, 0.2) is 30.3 Å². The van der Waals surface area contributed by atoms with Gasteiger partial charge in [0.25, 0.3) is 0 Å². The van der Waals surface area contributed by atoms with Crippen LogP contribution in [0.5, 0.6) is 0 Å². The Kier molecular flexibility index (Phi) is 6.08. The van der Waals surface area contributed by atoms with Gasteiger partial charge in [0.15, 0.2) is 0 Å². The van der Waals surface area contributed by atoms with Gasteiger partial charge in [-0.05, 0) is 25.1 Å². The van der Waals surface area contributed by atoms with Gasteiger partial charge in [-0.2, -0.15) is 0 Å². The smallest absolute Gasteiger partial charge is 0.340 e. The van der Waals surface area contributed by atoms with E-state index in [1.165, 1.54) is 24.5 Å². The van der Waals surface area contributed by atoms with Crippen LogP contribution in [-0.2, 0) is 9.53 Å². The molecule has 1 aromatic carbocycles. The molecule has 27 heavy (non-hydrogen) atoms. The molecule has 144 valence electrons. The summed E-state index contributed by atoms with van der Waals surface area (Å²) in [6.07, 6.45) is 0. The first-order valence-corrected chi connectivity index (χ1v) is 9.50. The molecule has 2 heterocycles. The highest BCUT2D eigenvalue weighted by Gasteiger charge is 2.22. The van der Waals surface area contributed by atoms with E-state index in [2.05, 4.69) is 5.32 Å². The van der Waals surface area contributed by atoms with Gasteiger partial charge < -0.3 is 15.0 Å². The van der Waals surface area contributed by atoms with Gasteiger partial charge in [0.05, 0.1) is 24.9 Å². The number of benzene rings is 1. The van der Waals surface area contributed by atoms with Crippen molar-refractivity contribution in [1.82, 2.24) is 4.90 Å². The molecule has 0 spiro atoms. The molecule has 2 aromatic rings. The SMILES string of the molecule is COC(=O)c1cc(C)sc1NC(=O)CN1CCN(c2ccccc2F)CC1. The zero-order valence-corrected chi connectivity index (χ0v) is 16.1. The lowest BCUT2D eigenvalue weighted by Crippen LogP contribution is -2.48. The van der Waals surface area contributed by atoms with E-state index >= 15 is 0 Å². The number of halogens is 1. The van der Waals surface area contributed by atoms with Gasteiger partial charge in [0, 0.05) is 31.1 Å². The van der Waals surface area contributed by atoms with Crippen molar-refractivity contribution in [3.05, 3.63) is 46.6 Å². The largest absolute Gasteiger partial charge is 0.465 e. The first-order chi connectivity index (χ1) is 13.0. The highest BCUT2D eigenvalue weighted by atomic mass is 32.1. The minimum atomic E-state index is -0.465. The topological polar surface area (TPSA) is 61.9 Å². The first-order valence-electron chi connectivity index (χ1n) is 8.68. The normalized spacial score (nSPS) is 14.9. The van der Waals surface area contributed by atoms with E-state index in [1.807, 2.05) is 22.8 Å². The summed E-state index contributed by atoms with van der Waals surface area (Å²) in [6, 6.07) is 8.43. The van der Waals surface area contributed by atoms with Crippen LogP contribution in [0.1, 0.15) is 15.2 Å². The number of thiophene rings is 1. The summed E-state index contributed by atoms with van der Waals surface area (Å²) in [5.41, 5.74) is 0.969. The van der Waals surface area contributed by atoms with Gasteiger partial charge in [0.2, 0.25) is 5.91 Å². The minimum absolute atomic E-state index is 0.179. The monoisotopic (exact) mass is 391 g/mol. The number of hydrogen-bond acceptors (Lipinski definition) is 6. The van der Waals surface area contributed by atoms with E-state index in [-0.39, 0.29) is 18.3 Å². The number of piperazine rings is 1. The fourth-order valence-corrected chi connectivity index (χ4v) is 4.01. The highest BCUT2D eigenvalue weighted by Crippen LogP contribution is 2.28. The average molecular weight is 391 g/mol. The standard InChI is InChI=1S/C19H22FN3O3S/c1-13-11-14(19(25)26-2)18(27-13)21-17(24)12-22-7-9-23(10-8-22)16-6-4-3-5-15(16)20/h3-6,11H,7-10,12H2,1-2H3,(H,21,24). The summed E-state index contributed by atoms with van der Waals surface area (Å²) < 4.78 is 18.7. The van der Waals surface area contributed by atoms with E-state index in [1.54, 1.807) is 18.2 Å². The lowest BCUT2D eigenvalue weighted by Gasteiger charge is -2.35. The Morgan fingerprint density at radius 2 is 1.93 bits per heavy atom. The van der Waals surface area contributed by atoms with Gasteiger partial charge in [-0.25, -0.2) is 9.18 Å². The number of aryl methyl sites for hydroxylation is 1. The Bertz CT molecular complexity index is 831. The van der Waals surface area contributed by atoms with E-state index in [0.717, 1.165) is 4.88 Å². The molecule has 8 heteroatoms. The molecule has 1 fully saturated rings. The zero-order valence-electron chi connectivity index (χ0n) is 15.3. The summed E-state index contributed by atoms with van der Waals surface area (Å²) in [6.45, 7) is 4.72. The molecular weight excluding hydrogens is 369 g/mol. The fraction of sp³-hybridized carbons (Fsp3) is 0.368. The maximum Gasteiger partial charge on any atom is 0.340 e. The number of para-hydroxylation sites is 1. The van der Waals surface area contributed by atoms with Gasteiger partial charge in [-0.3, -0.25) is 9.69 Å². The third-order valence-corrected chi connectivity index (χ3v) is 5.41. The Morgan fingerprint density at radius 1 is 1.22 bits per heavy atom. The maximum absolute atomic E-state index is 13.9. The van der Waals surface area contributed by atoms with Crippen LogP contribution in [-0.4, -0.2) is 56.6 Å². The number of anilines is 2. The molecule has 1 saturated heterocycles. The van der Waals surface area contributed by atoms with Crippen LogP contribution in [0.2, 0.25) is 0 Å². The summed E-state index contributed by atoms with van der Waals surface area (Å²) in [7, 11) is 1.32. The first kappa shape index (κ1) is 19.3. The van der Waals surface area contributed by atoms with Crippen molar-refractivity contribution in [2.75, 3.05) is 50.1 Å². The van der Waals surface area contributed by atoms with Gasteiger partial charge >= 0.3 is 5.97 Å². The second-order valence-electron chi connectivity index (χ2n) is 6.35. The number of carbonyl (C=O) groups excluding carboxylic acids is 2. The molecule has 1 N–H and O–H groups in total. The highest BCUT2D eigenvalue weighted by molar-refractivity contribution is 7.16. The number of amides is 1. The number of carbonyl (C=O) groups is 2. The van der Waals surface area contributed by atoms with E-state index in [9.17, 15) is 14.0 Å². The third kappa shape index (κ3) is 4.64. The third-order valence-electron chi connectivity index (χ3n) is 4.45. The number of ether oxygens (including phenoxy) is 1. The molecule has 1 aromatic heterocycles. The fourth-order valence-electron chi connectivity index (χ4n) is 3.09. The van der Waals surface area contributed by atoms with E-state index in [0.29, 0.717) is 42.4 Å². The molecule has 0 bridgehead atoms. The molecule has 0 radical (unpaired) electrons. The van der Waals surface area contributed by atoms with Crippen molar-refractivity contribution in [3.63, 3.8) is 0 Å². The van der Waals surface area contributed by atoms with Crippen molar-refractivity contribution in [2.24, 2.45) is 0 Å². The summed E-state index contributed by atoms with van der Waals surface area (Å²) in [5.74, 6) is -0.874. The summed E-state index contributed by atoms with van der Waals surface area (Å²) in [5, 5.41) is 3.32. The minimum Gasteiger partial charge on any atom is -0.465 e. The van der Waals surface area contributed by atoms with Crippen molar-refractivity contribution < 1.29 is 18.7 Å². The Balaban J connectivity index is 1.55. The molecule has 1 aliphatic rings. The van der Waals surface area contributed by atoms with Crippen molar-refractivity contribution in [1.29, 1.82) is 0 Å². The van der Waals surface area contributed by atoms with Gasteiger partial charge in [-0.15, -0.1) is 11.3 Å². The molecule has 0 saturated carbocycles. The molecule has 0 atom stereocenters. The van der Waals surface area contributed by atoms with Crippen molar-refractivity contribution >= 4 is 33.9 Å². The number of nitrogens with zero attached hydrogens (tertiary/aromatic N) is 2. The Labute approximate surface area is 161 Å². The number of rotatable bonds is 5. The Hall–Kier alpha value is -2.45.